The number of nitrogens with one attached hydrogen (secondary N) is 1. The van der Waals surface area contributed by atoms with Crippen LogP contribution >= 0.6 is 0 Å². The van der Waals surface area contributed by atoms with Gasteiger partial charge in [0, 0.05) is 0 Å². The molecule has 2 atom stereocenters. The molecule has 2 unspecified atom stereocenters. The lowest BCUT2D eigenvalue weighted by molar-refractivity contribution is -0.151. The van der Waals surface area contributed by atoms with E-state index in [1.54, 1.807) is 19.0 Å². The van der Waals surface area contributed by atoms with Gasteiger partial charge in [0.1, 0.15) is 12.6 Å². The van der Waals surface area contributed by atoms with Crippen molar-refractivity contribution in [1.82, 2.24) is 10.2 Å². The van der Waals surface area contributed by atoms with E-state index in [1.165, 1.54) is 0 Å². The molecule has 0 spiro atoms. The minimum atomic E-state index is -0.883. The quantitative estimate of drug-likeness (QED) is 0.580. The Balaban J connectivity index is 2.56. The molecule has 0 aliphatic rings. The first-order valence-electron chi connectivity index (χ1n) is 6.73. The molecule has 0 amide bonds. The lowest BCUT2D eigenvalue weighted by Gasteiger charge is -2.27. The van der Waals surface area contributed by atoms with Gasteiger partial charge in [-0.05, 0) is 25.6 Å². The van der Waals surface area contributed by atoms with Gasteiger partial charge in [-0.2, -0.15) is 0 Å². The van der Waals surface area contributed by atoms with Crippen LogP contribution in [0.1, 0.15) is 19.4 Å². The second-order valence-electron chi connectivity index (χ2n) is 5.32. The Hall–Kier alpha value is -1.43. The maximum Gasteiger partial charge on any atom is 0.323 e. The number of esters is 1. The number of rotatable bonds is 7. The van der Waals surface area contributed by atoms with Gasteiger partial charge in [-0.25, -0.2) is 0 Å². The summed E-state index contributed by atoms with van der Waals surface area (Å²) in [6, 6.07) is 8.97. The van der Waals surface area contributed by atoms with Gasteiger partial charge in [0.25, 0.3) is 0 Å². The molecule has 0 saturated carbocycles. The Morgan fingerprint density at radius 2 is 1.90 bits per heavy atom. The number of hydrogen-bond acceptors (Lipinski definition) is 5. The van der Waals surface area contributed by atoms with Crippen molar-refractivity contribution in [3.8, 4) is 0 Å². The van der Waals surface area contributed by atoms with Crippen LogP contribution in [-0.4, -0.2) is 42.5 Å². The van der Waals surface area contributed by atoms with Crippen molar-refractivity contribution in [3.63, 3.8) is 0 Å². The predicted octanol–water partition coefficient (Wildman–Crippen LogP) is 1.18. The minimum absolute atomic E-state index is 0.0212. The molecular weight excluding hydrogens is 256 g/mol. The summed E-state index contributed by atoms with van der Waals surface area (Å²) in [5.41, 5.74) is 0.941. The summed E-state index contributed by atoms with van der Waals surface area (Å²) in [6.45, 7) is 4.05. The van der Waals surface area contributed by atoms with E-state index in [0.29, 0.717) is 0 Å². The molecule has 20 heavy (non-hydrogen) atoms. The van der Waals surface area contributed by atoms with Crippen LogP contribution in [0.25, 0.3) is 0 Å². The number of nitrogens with zero attached hydrogens (tertiary/aromatic N) is 1. The monoisotopic (exact) mass is 280 g/mol. The lowest BCUT2D eigenvalue weighted by Crippen LogP contribution is -2.52. The van der Waals surface area contributed by atoms with E-state index in [4.69, 9.17) is 4.74 Å². The van der Waals surface area contributed by atoms with Gasteiger partial charge in [0.2, 0.25) is 0 Å². The third-order valence-electron chi connectivity index (χ3n) is 2.96. The van der Waals surface area contributed by atoms with Crippen molar-refractivity contribution >= 4 is 5.97 Å². The molecule has 1 aromatic carbocycles. The topological polar surface area (TPSA) is 61.8 Å². The van der Waals surface area contributed by atoms with Gasteiger partial charge in [0.05, 0.1) is 0 Å². The standard InChI is InChI=1S/C15H24N2O3/c1-11(2)13(16-15(19)17(3)4)14(18)20-10-12-8-6-5-7-9-12/h5-9,11,13,15-16,19H,10H2,1-4H3. The largest absolute Gasteiger partial charge is 0.460 e. The molecular formula is C15H24N2O3. The van der Waals surface area contributed by atoms with Gasteiger partial charge >= 0.3 is 5.97 Å². The fourth-order valence-electron chi connectivity index (χ4n) is 1.66. The highest BCUT2D eigenvalue weighted by molar-refractivity contribution is 5.76. The van der Waals surface area contributed by atoms with Crippen molar-refractivity contribution in [1.29, 1.82) is 0 Å². The second-order valence-corrected chi connectivity index (χ2v) is 5.32. The van der Waals surface area contributed by atoms with E-state index >= 15 is 0 Å². The molecule has 2 N–H and O–H groups in total. The summed E-state index contributed by atoms with van der Waals surface area (Å²) in [5.74, 6) is -0.336. The maximum atomic E-state index is 12.1. The van der Waals surface area contributed by atoms with E-state index in [-0.39, 0.29) is 18.5 Å². The summed E-state index contributed by atoms with van der Waals surface area (Å²) >= 11 is 0. The summed E-state index contributed by atoms with van der Waals surface area (Å²) < 4.78 is 5.30. The third kappa shape index (κ3) is 5.28. The molecule has 0 fully saturated rings. The molecule has 0 radical (unpaired) electrons. The van der Waals surface area contributed by atoms with Gasteiger partial charge in [0.15, 0.2) is 6.35 Å². The summed E-state index contributed by atoms with van der Waals surface area (Å²) in [4.78, 5) is 13.7. The molecule has 0 saturated heterocycles. The zero-order valence-corrected chi connectivity index (χ0v) is 12.5. The third-order valence-corrected chi connectivity index (χ3v) is 2.96. The molecule has 0 aromatic heterocycles. The molecule has 112 valence electrons. The van der Waals surface area contributed by atoms with Crippen LogP contribution in [0.15, 0.2) is 30.3 Å². The Labute approximate surface area is 120 Å². The summed E-state index contributed by atoms with van der Waals surface area (Å²) in [7, 11) is 3.45. The fourth-order valence-corrected chi connectivity index (χ4v) is 1.66. The highest BCUT2D eigenvalue weighted by atomic mass is 16.5. The smallest absolute Gasteiger partial charge is 0.323 e. The van der Waals surface area contributed by atoms with E-state index in [2.05, 4.69) is 5.32 Å². The first kappa shape index (κ1) is 16.6. The predicted molar refractivity (Wildman–Crippen MR) is 77.7 cm³/mol. The maximum absolute atomic E-state index is 12.1. The number of carbonyl (C=O) groups is 1. The first-order valence-corrected chi connectivity index (χ1v) is 6.73. The van der Waals surface area contributed by atoms with E-state index in [9.17, 15) is 9.90 Å². The molecule has 5 heteroatoms. The van der Waals surface area contributed by atoms with Gasteiger partial charge < -0.3 is 9.84 Å². The second kappa shape index (κ2) is 7.99. The van der Waals surface area contributed by atoms with Gasteiger partial charge in [-0.15, -0.1) is 0 Å². The van der Waals surface area contributed by atoms with Crippen molar-refractivity contribution in [2.24, 2.45) is 5.92 Å². The SMILES string of the molecule is CC(C)C(NC(O)N(C)C)C(=O)OCc1ccccc1. The van der Waals surface area contributed by atoms with Crippen molar-refractivity contribution in [2.75, 3.05) is 14.1 Å². The van der Waals surface area contributed by atoms with E-state index < -0.39 is 12.4 Å². The summed E-state index contributed by atoms with van der Waals surface area (Å²) in [5, 5.41) is 12.6. The number of benzene rings is 1. The van der Waals surface area contributed by atoms with Crippen LogP contribution in [0.4, 0.5) is 0 Å². The lowest BCUT2D eigenvalue weighted by atomic mass is 10.0. The van der Waals surface area contributed by atoms with Crippen molar-refractivity contribution < 1.29 is 14.6 Å². The Kier molecular flexibility index (Phi) is 6.64. The summed E-state index contributed by atoms with van der Waals surface area (Å²) in [6.07, 6.45) is -0.883. The van der Waals surface area contributed by atoms with Gasteiger partial charge in [-0.3, -0.25) is 15.0 Å². The van der Waals surface area contributed by atoms with Crippen molar-refractivity contribution in [2.45, 2.75) is 32.8 Å². The fraction of sp³-hybridized carbons (Fsp3) is 0.533. The highest BCUT2D eigenvalue weighted by Gasteiger charge is 2.26. The van der Waals surface area contributed by atoms with Crippen LogP contribution in [0.2, 0.25) is 0 Å². The molecule has 0 aliphatic heterocycles. The zero-order chi connectivity index (χ0) is 15.1. The number of hydrogen-bond donors (Lipinski definition) is 2. The number of aliphatic hydroxyl groups is 1. The Morgan fingerprint density at radius 1 is 1.30 bits per heavy atom. The normalized spacial score (nSPS) is 14.3. The highest BCUT2D eigenvalue weighted by Crippen LogP contribution is 2.08. The Bertz CT molecular complexity index is 407. The van der Waals surface area contributed by atoms with E-state index in [1.807, 2.05) is 44.2 Å². The average molecular weight is 280 g/mol. The zero-order valence-electron chi connectivity index (χ0n) is 12.5. The molecule has 5 nitrogen and oxygen atoms in total. The molecule has 1 rings (SSSR count). The molecule has 0 aliphatic carbocycles. The number of ether oxygens (including phenoxy) is 1. The molecule has 1 aromatic rings. The van der Waals surface area contributed by atoms with Crippen LogP contribution < -0.4 is 5.32 Å². The Morgan fingerprint density at radius 3 is 2.40 bits per heavy atom. The minimum Gasteiger partial charge on any atom is -0.460 e. The number of carbonyl (C=O) groups excluding carboxylic acids is 1. The van der Waals surface area contributed by atoms with Crippen LogP contribution in [0.3, 0.4) is 0 Å². The van der Waals surface area contributed by atoms with Crippen LogP contribution in [0.5, 0.6) is 0 Å². The first-order chi connectivity index (χ1) is 9.41. The molecule has 0 heterocycles. The van der Waals surface area contributed by atoms with Crippen LogP contribution in [0, 0.1) is 5.92 Å². The average Bonchev–Trinajstić information content (AvgIpc) is 2.42. The van der Waals surface area contributed by atoms with Crippen LogP contribution in [-0.2, 0) is 16.1 Å². The molecule has 0 bridgehead atoms. The number of aliphatic hydroxyl groups excluding tert-OH is 1. The van der Waals surface area contributed by atoms with Gasteiger partial charge in [-0.1, -0.05) is 44.2 Å². The van der Waals surface area contributed by atoms with E-state index in [0.717, 1.165) is 5.56 Å². The van der Waals surface area contributed by atoms with Crippen molar-refractivity contribution in [3.05, 3.63) is 35.9 Å².